The van der Waals surface area contributed by atoms with Crippen LogP contribution in [0.1, 0.15) is 52.1 Å². The smallest absolute Gasteiger partial charge is 0.339 e. The van der Waals surface area contributed by atoms with Crippen LogP contribution >= 0.6 is 11.8 Å². The molecule has 0 N–H and O–H groups in total. The molecule has 0 aliphatic carbocycles. The lowest BCUT2D eigenvalue weighted by molar-refractivity contribution is -0.137. The third-order valence-electron chi connectivity index (χ3n) is 5.95. The van der Waals surface area contributed by atoms with Gasteiger partial charge in [0, 0.05) is 48.1 Å². The van der Waals surface area contributed by atoms with Crippen molar-refractivity contribution >= 4 is 17.7 Å². The average molecular weight is 488 g/mol. The van der Waals surface area contributed by atoms with Gasteiger partial charge in [-0.3, -0.25) is 14.6 Å². The van der Waals surface area contributed by atoms with E-state index in [-0.39, 0.29) is 17.2 Å². The zero-order valence-electron chi connectivity index (χ0n) is 19.0. The van der Waals surface area contributed by atoms with Gasteiger partial charge in [-0.1, -0.05) is 6.07 Å². The van der Waals surface area contributed by atoms with Crippen LogP contribution in [-0.4, -0.2) is 33.4 Å². The summed E-state index contributed by atoms with van der Waals surface area (Å²) in [5.41, 5.74) is 0.689. The van der Waals surface area contributed by atoms with Crippen LogP contribution in [-0.2, 0) is 12.6 Å². The van der Waals surface area contributed by atoms with Crippen molar-refractivity contribution in [3.8, 4) is 5.69 Å². The quantitative estimate of drug-likeness (QED) is 0.492. The Morgan fingerprint density at radius 2 is 1.91 bits per heavy atom. The second-order valence-corrected chi connectivity index (χ2v) is 9.27. The Kier molecular flexibility index (Phi) is 6.58. The highest BCUT2D eigenvalue weighted by atomic mass is 32.2. The van der Waals surface area contributed by atoms with Gasteiger partial charge in [0.25, 0.3) is 5.91 Å². The summed E-state index contributed by atoms with van der Waals surface area (Å²) in [5, 5.41) is -0.296. The van der Waals surface area contributed by atoms with E-state index in [1.807, 2.05) is 26.0 Å². The fourth-order valence-corrected chi connectivity index (χ4v) is 5.52. The Balaban J connectivity index is 2.04. The molecule has 3 aromatic rings. The monoisotopic (exact) mass is 487 g/mol. The van der Waals surface area contributed by atoms with Crippen LogP contribution in [0.15, 0.2) is 58.4 Å². The molecule has 1 atom stereocenters. The summed E-state index contributed by atoms with van der Waals surface area (Å²) in [7, 11) is 0. The molecule has 178 valence electrons. The summed E-state index contributed by atoms with van der Waals surface area (Å²) in [6.45, 7) is 6.14. The van der Waals surface area contributed by atoms with E-state index in [1.54, 1.807) is 28.7 Å². The summed E-state index contributed by atoms with van der Waals surface area (Å²) in [6, 6.07) is 10.4. The van der Waals surface area contributed by atoms with Gasteiger partial charge in [0.05, 0.1) is 22.2 Å². The molecule has 0 saturated heterocycles. The predicted octanol–water partition coefficient (Wildman–Crippen LogP) is 5.43. The zero-order chi connectivity index (χ0) is 24.6. The number of aromatic nitrogens is 2. The number of pyridine rings is 2. The summed E-state index contributed by atoms with van der Waals surface area (Å²) < 4.78 is 42.5. The summed E-state index contributed by atoms with van der Waals surface area (Å²) in [6.07, 6.45) is -2.62. The maximum absolute atomic E-state index is 13.6. The molecule has 2 aromatic heterocycles. The van der Waals surface area contributed by atoms with Crippen molar-refractivity contribution in [3.05, 3.63) is 87.1 Å². The molecule has 9 heteroatoms. The molecule has 1 aliphatic rings. The topological polar surface area (TPSA) is 55.2 Å². The van der Waals surface area contributed by atoms with E-state index in [0.29, 0.717) is 35.1 Å². The fraction of sp³-hybridized carbons (Fsp3) is 0.320. The van der Waals surface area contributed by atoms with E-state index in [1.165, 1.54) is 23.9 Å². The van der Waals surface area contributed by atoms with Crippen molar-refractivity contribution < 1.29 is 18.0 Å². The van der Waals surface area contributed by atoms with Crippen LogP contribution in [0, 0.1) is 6.92 Å². The Morgan fingerprint density at radius 1 is 1.18 bits per heavy atom. The largest absolute Gasteiger partial charge is 0.416 e. The van der Waals surface area contributed by atoms with Crippen molar-refractivity contribution in [2.45, 2.75) is 43.5 Å². The lowest BCUT2D eigenvalue weighted by Gasteiger charge is -2.24. The molecule has 0 saturated carbocycles. The SMILES string of the molecule is CCN(CC)C(=O)c1c2n(c(C)cc1=O)-c1cc(C(F)(F)F)ccc1S[C@H](c1ccccn1)C2. The van der Waals surface area contributed by atoms with Crippen molar-refractivity contribution in [1.82, 2.24) is 14.5 Å². The Morgan fingerprint density at radius 3 is 2.53 bits per heavy atom. The summed E-state index contributed by atoms with van der Waals surface area (Å²) >= 11 is 1.38. The molecular formula is C25H24F3N3O2S. The van der Waals surface area contributed by atoms with Gasteiger partial charge >= 0.3 is 6.18 Å². The first kappa shape index (κ1) is 24.1. The summed E-state index contributed by atoms with van der Waals surface area (Å²) in [5.74, 6) is -0.418. The minimum Gasteiger partial charge on any atom is -0.339 e. The summed E-state index contributed by atoms with van der Waals surface area (Å²) in [4.78, 5) is 33.2. The van der Waals surface area contributed by atoms with Gasteiger partial charge in [-0.2, -0.15) is 13.2 Å². The predicted molar refractivity (Wildman–Crippen MR) is 126 cm³/mol. The van der Waals surface area contributed by atoms with Gasteiger partial charge in [-0.05, 0) is 51.1 Å². The Bertz CT molecular complexity index is 1290. The molecule has 34 heavy (non-hydrogen) atoms. The molecule has 4 rings (SSSR count). The number of hydrogen-bond donors (Lipinski definition) is 0. The molecule has 0 radical (unpaired) electrons. The molecule has 1 aliphatic heterocycles. The highest BCUT2D eigenvalue weighted by Gasteiger charge is 2.35. The maximum atomic E-state index is 13.6. The van der Waals surface area contributed by atoms with Crippen molar-refractivity contribution in [1.29, 1.82) is 0 Å². The number of nitrogens with zero attached hydrogens (tertiary/aromatic N) is 3. The van der Waals surface area contributed by atoms with Crippen LogP contribution in [0.25, 0.3) is 5.69 Å². The number of halogens is 3. The lowest BCUT2D eigenvalue weighted by Crippen LogP contribution is -2.36. The Labute approximate surface area is 199 Å². The van der Waals surface area contributed by atoms with E-state index in [2.05, 4.69) is 4.98 Å². The van der Waals surface area contributed by atoms with Crippen LogP contribution in [0.4, 0.5) is 13.2 Å². The van der Waals surface area contributed by atoms with Crippen molar-refractivity contribution in [2.75, 3.05) is 13.1 Å². The van der Waals surface area contributed by atoms with E-state index in [9.17, 15) is 22.8 Å². The van der Waals surface area contributed by atoms with E-state index in [4.69, 9.17) is 0 Å². The van der Waals surface area contributed by atoms with E-state index < -0.39 is 23.1 Å². The van der Waals surface area contributed by atoms with Gasteiger partial charge in [0.1, 0.15) is 5.56 Å². The van der Waals surface area contributed by atoms with E-state index >= 15 is 0 Å². The minimum absolute atomic E-state index is 0.00101. The molecule has 1 amide bonds. The van der Waals surface area contributed by atoms with Crippen LogP contribution < -0.4 is 5.43 Å². The number of amides is 1. The highest BCUT2D eigenvalue weighted by Crippen LogP contribution is 2.45. The number of rotatable bonds is 4. The first-order valence-corrected chi connectivity index (χ1v) is 11.9. The molecule has 0 bridgehead atoms. The molecule has 0 fully saturated rings. The highest BCUT2D eigenvalue weighted by molar-refractivity contribution is 7.99. The van der Waals surface area contributed by atoms with Gasteiger partial charge in [0.15, 0.2) is 5.43 Å². The third kappa shape index (κ3) is 4.36. The van der Waals surface area contributed by atoms with Gasteiger partial charge < -0.3 is 9.47 Å². The molecule has 0 unspecified atom stereocenters. The normalized spacial score (nSPS) is 15.3. The second-order valence-electron chi connectivity index (χ2n) is 8.03. The number of thioether (sulfide) groups is 1. The number of benzene rings is 1. The molecule has 1 aromatic carbocycles. The van der Waals surface area contributed by atoms with E-state index in [0.717, 1.165) is 17.8 Å². The molecule has 0 spiro atoms. The average Bonchev–Trinajstić information content (AvgIpc) is 2.96. The second kappa shape index (κ2) is 9.29. The third-order valence-corrected chi connectivity index (χ3v) is 7.25. The molecular weight excluding hydrogens is 463 g/mol. The number of alkyl halides is 3. The van der Waals surface area contributed by atoms with Crippen LogP contribution in [0.2, 0.25) is 0 Å². The van der Waals surface area contributed by atoms with Crippen LogP contribution in [0.3, 0.4) is 0 Å². The van der Waals surface area contributed by atoms with Crippen LogP contribution in [0.5, 0.6) is 0 Å². The van der Waals surface area contributed by atoms with Crippen molar-refractivity contribution in [3.63, 3.8) is 0 Å². The van der Waals surface area contributed by atoms with Crippen molar-refractivity contribution in [2.24, 2.45) is 0 Å². The standard InChI is InChI=1S/C25H24F3N3O2S/c1-4-30(5-2)24(33)23-19-14-22(17-8-6-7-11-29-17)34-21-10-9-16(25(26,27)28)13-18(21)31(19)15(3)12-20(23)32/h6-13,22H,4-5,14H2,1-3H3/t22-/m0/s1. The first-order chi connectivity index (χ1) is 16.2. The fourth-order valence-electron chi connectivity index (χ4n) is 4.29. The van der Waals surface area contributed by atoms with Gasteiger partial charge in [0.2, 0.25) is 0 Å². The lowest BCUT2D eigenvalue weighted by atomic mass is 10.0. The number of fused-ring (bicyclic) bond motifs is 3. The minimum atomic E-state index is -4.53. The number of aryl methyl sites for hydroxylation is 1. The number of carbonyl (C=O) groups is 1. The number of hydrogen-bond acceptors (Lipinski definition) is 4. The van der Waals surface area contributed by atoms with Gasteiger partial charge in [-0.15, -0.1) is 11.8 Å². The van der Waals surface area contributed by atoms with Gasteiger partial charge in [-0.25, -0.2) is 0 Å². The molecule has 5 nitrogen and oxygen atoms in total. The number of carbonyl (C=O) groups excluding carboxylic acids is 1. The first-order valence-electron chi connectivity index (χ1n) is 11.0. The molecule has 3 heterocycles. The maximum Gasteiger partial charge on any atom is 0.416 e. The Hall–Kier alpha value is -3.07. The zero-order valence-corrected chi connectivity index (χ0v) is 19.8.